The van der Waals surface area contributed by atoms with Crippen LogP contribution in [0.5, 0.6) is 5.75 Å². The summed E-state index contributed by atoms with van der Waals surface area (Å²) < 4.78 is 5.57. The average molecular weight is 380 g/mol. The van der Waals surface area contributed by atoms with E-state index < -0.39 is 11.8 Å². The molecule has 0 saturated carbocycles. The molecule has 2 amide bonds. The molecule has 0 unspecified atom stereocenters. The molecule has 0 fully saturated rings. The summed E-state index contributed by atoms with van der Waals surface area (Å²) in [6, 6.07) is 10.9. The summed E-state index contributed by atoms with van der Waals surface area (Å²) in [5, 5.41) is 7.49. The minimum Gasteiger partial charge on any atom is -0.493 e. The highest BCUT2D eigenvalue weighted by Gasteiger charge is 2.25. The third kappa shape index (κ3) is 3.80. The number of ether oxygens (including phenoxy) is 1. The number of hydrogen-bond donors (Lipinski definition) is 2. The molecule has 8 heteroatoms. The zero-order chi connectivity index (χ0) is 18.6. The minimum atomic E-state index is -0.744. The number of aromatic nitrogens is 2. The lowest BCUT2D eigenvalue weighted by Crippen LogP contribution is -2.39. The summed E-state index contributed by atoms with van der Waals surface area (Å²) in [4.78, 5) is 32.9. The molecule has 136 valence electrons. The van der Waals surface area contributed by atoms with Crippen molar-refractivity contribution in [3.63, 3.8) is 0 Å². The van der Waals surface area contributed by atoms with Gasteiger partial charge in [0.05, 0.1) is 18.3 Å². The maximum absolute atomic E-state index is 12.3. The van der Waals surface area contributed by atoms with Crippen LogP contribution in [0.25, 0.3) is 11.3 Å². The molecule has 0 saturated heterocycles. The summed E-state index contributed by atoms with van der Waals surface area (Å²) in [7, 11) is 0. The highest BCUT2D eigenvalue weighted by Crippen LogP contribution is 2.31. The number of amides is 2. The van der Waals surface area contributed by atoms with Gasteiger partial charge in [-0.25, -0.2) is 4.98 Å². The smallest absolute Gasteiger partial charge is 0.315 e. The predicted molar refractivity (Wildman–Crippen MR) is 101 cm³/mol. The fourth-order valence-electron chi connectivity index (χ4n) is 2.85. The first-order valence-corrected chi connectivity index (χ1v) is 9.28. The van der Waals surface area contributed by atoms with Crippen molar-refractivity contribution in [1.29, 1.82) is 0 Å². The van der Waals surface area contributed by atoms with E-state index in [0.29, 0.717) is 23.9 Å². The number of thiazole rings is 1. The molecule has 3 heterocycles. The van der Waals surface area contributed by atoms with E-state index in [1.165, 1.54) is 11.3 Å². The zero-order valence-electron chi connectivity index (χ0n) is 14.2. The lowest BCUT2D eigenvalue weighted by Gasteiger charge is -2.26. The van der Waals surface area contributed by atoms with Gasteiger partial charge in [0.25, 0.3) is 0 Å². The zero-order valence-corrected chi connectivity index (χ0v) is 15.0. The molecular formula is C19H16N4O3S. The largest absolute Gasteiger partial charge is 0.493 e. The van der Waals surface area contributed by atoms with Crippen LogP contribution in [0.1, 0.15) is 18.0 Å². The quantitative estimate of drug-likeness (QED) is 0.682. The second kappa shape index (κ2) is 7.55. The highest BCUT2D eigenvalue weighted by molar-refractivity contribution is 7.14. The Hall–Kier alpha value is -3.26. The molecule has 0 radical (unpaired) electrons. The van der Waals surface area contributed by atoms with Crippen LogP contribution >= 0.6 is 11.3 Å². The molecule has 27 heavy (non-hydrogen) atoms. The van der Waals surface area contributed by atoms with Crippen LogP contribution in [0.15, 0.2) is 54.2 Å². The number of hydrogen-bond acceptors (Lipinski definition) is 6. The van der Waals surface area contributed by atoms with Crippen molar-refractivity contribution in [2.45, 2.75) is 12.5 Å². The third-order valence-electron chi connectivity index (χ3n) is 4.15. The van der Waals surface area contributed by atoms with E-state index in [4.69, 9.17) is 4.74 Å². The number of benzene rings is 1. The molecule has 2 aromatic heterocycles. The first-order chi connectivity index (χ1) is 13.2. The van der Waals surface area contributed by atoms with Crippen molar-refractivity contribution in [2.75, 3.05) is 11.9 Å². The van der Waals surface area contributed by atoms with E-state index in [1.54, 1.807) is 17.8 Å². The molecule has 0 aliphatic carbocycles. The first kappa shape index (κ1) is 17.2. The van der Waals surface area contributed by atoms with E-state index in [0.717, 1.165) is 16.9 Å². The summed E-state index contributed by atoms with van der Waals surface area (Å²) in [5.74, 6) is -0.712. The Morgan fingerprint density at radius 2 is 2.04 bits per heavy atom. The molecule has 0 spiro atoms. The lowest BCUT2D eigenvalue weighted by molar-refractivity contribution is -0.136. The molecule has 4 rings (SSSR count). The van der Waals surface area contributed by atoms with Crippen molar-refractivity contribution >= 4 is 28.3 Å². The number of anilines is 1. The number of carbonyl (C=O) groups is 2. The Labute approximate surface area is 159 Å². The Bertz CT molecular complexity index is 974. The summed E-state index contributed by atoms with van der Waals surface area (Å²) in [6.07, 6.45) is 3.98. The Kier molecular flexibility index (Phi) is 4.80. The van der Waals surface area contributed by atoms with Crippen LogP contribution in [-0.4, -0.2) is 28.4 Å². The molecule has 0 bridgehead atoms. The van der Waals surface area contributed by atoms with Crippen LogP contribution in [0.3, 0.4) is 0 Å². The van der Waals surface area contributed by atoms with Crippen LogP contribution in [0.4, 0.5) is 5.13 Å². The molecule has 7 nitrogen and oxygen atoms in total. The third-order valence-corrected chi connectivity index (χ3v) is 4.91. The highest BCUT2D eigenvalue weighted by atomic mass is 32.1. The number of carbonyl (C=O) groups excluding carboxylic acids is 2. The SMILES string of the molecule is O=C(Nc1nc(-c2cccnc2)cs1)C(=O)N[C@H]1CCOc2ccccc21. The van der Waals surface area contributed by atoms with Gasteiger partial charge in [-0.05, 0) is 18.2 Å². The number of para-hydroxylation sites is 1. The molecule has 3 aromatic rings. The molecule has 1 aliphatic heterocycles. The fraction of sp³-hybridized carbons (Fsp3) is 0.158. The van der Waals surface area contributed by atoms with Gasteiger partial charge in [0.2, 0.25) is 0 Å². The van der Waals surface area contributed by atoms with Gasteiger partial charge >= 0.3 is 11.8 Å². The van der Waals surface area contributed by atoms with E-state index in [-0.39, 0.29) is 6.04 Å². The maximum atomic E-state index is 12.3. The van der Waals surface area contributed by atoms with Crippen LogP contribution in [0, 0.1) is 0 Å². The number of nitrogens with one attached hydrogen (secondary N) is 2. The number of rotatable bonds is 3. The van der Waals surface area contributed by atoms with E-state index in [9.17, 15) is 9.59 Å². The van der Waals surface area contributed by atoms with E-state index in [2.05, 4.69) is 20.6 Å². The minimum absolute atomic E-state index is 0.254. The van der Waals surface area contributed by atoms with Gasteiger partial charge in [0, 0.05) is 35.3 Å². The van der Waals surface area contributed by atoms with Gasteiger partial charge in [-0.3, -0.25) is 19.9 Å². The Morgan fingerprint density at radius 1 is 1.15 bits per heavy atom. The van der Waals surface area contributed by atoms with Gasteiger partial charge in [0.1, 0.15) is 5.75 Å². The molecule has 1 atom stereocenters. The molecular weight excluding hydrogens is 364 g/mol. The van der Waals surface area contributed by atoms with E-state index >= 15 is 0 Å². The average Bonchev–Trinajstić information content (AvgIpc) is 3.17. The van der Waals surface area contributed by atoms with Crippen molar-refractivity contribution in [3.8, 4) is 17.0 Å². The van der Waals surface area contributed by atoms with Crippen molar-refractivity contribution in [3.05, 3.63) is 59.7 Å². The molecule has 1 aromatic carbocycles. The van der Waals surface area contributed by atoms with Gasteiger partial charge in [-0.1, -0.05) is 18.2 Å². The molecule has 1 aliphatic rings. The fourth-order valence-corrected chi connectivity index (χ4v) is 3.56. The number of fused-ring (bicyclic) bond motifs is 1. The van der Waals surface area contributed by atoms with Crippen LogP contribution < -0.4 is 15.4 Å². The van der Waals surface area contributed by atoms with Crippen molar-refractivity contribution in [1.82, 2.24) is 15.3 Å². The van der Waals surface area contributed by atoms with Gasteiger partial charge in [0.15, 0.2) is 5.13 Å². The topological polar surface area (TPSA) is 93.2 Å². The summed E-state index contributed by atoms with van der Waals surface area (Å²) in [5.41, 5.74) is 2.41. The summed E-state index contributed by atoms with van der Waals surface area (Å²) in [6.45, 7) is 0.491. The first-order valence-electron chi connectivity index (χ1n) is 8.40. The van der Waals surface area contributed by atoms with Gasteiger partial charge in [-0.15, -0.1) is 11.3 Å². The second-order valence-electron chi connectivity index (χ2n) is 5.93. The Balaban J connectivity index is 1.41. The Morgan fingerprint density at radius 3 is 2.89 bits per heavy atom. The van der Waals surface area contributed by atoms with Gasteiger partial charge < -0.3 is 10.1 Å². The summed E-state index contributed by atoms with van der Waals surface area (Å²) >= 11 is 1.25. The van der Waals surface area contributed by atoms with Gasteiger partial charge in [-0.2, -0.15) is 0 Å². The van der Waals surface area contributed by atoms with Crippen molar-refractivity contribution in [2.24, 2.45) is 0 Å². The predicted octanol–water partition coefficient (Wildman–Crippen LogP) is 2.78. The van der Waals surface area contributed by atoms with E-state index in [1.807, 2.05) is 36.4 Å². The monoisotopic (exact) mass is 380 g/mol. The lowest BCUT2D eigenvalue weighted by atomic mass is 10.0. The number of nitrogens with zero attached hydrogens (tertiary/aromatic N) is 2. The number of pyridine rings is 1. The van der Waals surface area contributed by atoms with Crippen molar-refractivity contribution < 1.29 is 14.3 Å². The maximum Gasteiger partial charge on any atom is 0.315 e. The standard InChI is InChI=1S/C19H16N4O3S/c24-17(21-14-7-9-26-16-6-2-1-5-13(14)16)18(25)23-19-22-15(11-27-19)12-4-3-8-20-10-12/h1-6,8,10-11,14H,7,9H2,(H,21,24)(H,22,23,25)/t14-/m0/s1. The van der Waals surface area contributed by atoms with Crippen LogP contribution in [-0.2, 0) is 9.59 Å². The van der Waals surface area contributed by atoms with Crippen LogP contribution in [0.2, 0.25) is 0 Å². The second-order valence-corrected chi connectivity index (χ2v) is 6.79. The molecule has 2 N–H and O–H groups in total. The normalized spacial score (nSPS) is 15.3.